The second-order valence-electron chi connectivity index (χ2n) is 4.69. The summed E-state index contributed by atoms with van der Waals surface area (Å²) in [5.74, 6) is 0. The molecule has 0 saturated carbocycles. The van der Waals surface area contributed by atoms with Crippen LogP contribution in [0, 0.1) is 0 Å². The van der Waals surface area contributed by atoms with Gasteiger partial charge in [0.25, 0.3) is 0 Å². The van der Waals surface area contributed by atoms with E-state index in [-0.39, 0.29) is 0 Å². The average molecular weight is 303 g/mol. The zero-order valence-electron chi connectivity index (χ0n) is 11.3. The van der Waals surface area contributed by atoms with Gasteiger partial charge in [-0.2, -0.15) is 5.10 Å². The molecular weight excluding hydrogens is 286 g/mol. The van der Waals surface area contributed by atoms with Gasteiger partial charge in [-0.25, -0.2) is 0 Å². The van der Waals surface area contributed by atoms with Gasteiger partial charge in [0.15, 0.2) is 0 Å². The first kappa shape index (κ1) is 13.5. The van der Waals surface area contributed by atoms with E-state index < -0.39 is 0 Å². The second-order valence-corrected chi connectivity index (χ2v) is 6.65. The topological polar surface area (TPSA) is 29.9 Å². The number of hydrogen-bond donors (Lipinski definition) is 1. The van der Waals surface area contributed by atoms with Gasteiger partial charge in [-0.05, 0) is 34.9 Å². The zero-order valence-corrected chi connectivity index (χ0v) is 13.0. The van der Waals surface area contributed by atoms with E-state index in [1.54, 1.807) is 0 Å². The predicted octanol–water partition coefficient (Wildman–Crippen LogP) is 3.46. The summed E-state index contributed by atoms with van der Waals surface area (Å²) in [5, 5.41) is 12.1. The third kappa shape index (κ3) is 3.17. The predicted molar refractivity (Wildman–Crippen MR) is 85.4 cm³/mol. The number of aryl methyl sites for hydroxylation is 1. The fraction of sp³-hybridized carbons (Fsp3) is 0.267. The molecule has 104 valence electrons. The Morgan fingerprint density at radius 3 is 2.40 bits per heavy atom. The van der Waals surface area contributed by atoms with Crippen LogP contribution in [-0.4, -0.2) is 16.3 Å². The SMILES string of the molecule is Cn1cc(CCNC(c2cccs2)c2cccs2)cn1. The summed E-state index contributed by atoms with van der Waals surface area (Å²) in [6.07, 6.45) is 5.01. The smallest absolute Gasteiger partial charge is 0.0764 e. The molecule has 3 aromatic heterocycles. The molecule has 0 atom stereocenters. The summed E-state index contributed by atoms with van der Waals surface area (Å²) in [6, 6.07) is 8.94. The van der Waals surface area contributed by atoms with Crippen molar-refractivity contribution in [2.24, 2.45) is 7.05 Å². The molecule has 0 aliphatic rings. The average Bonchev–Trinajstić information content (AvgIpc) is 3.18. The van der Waals surface area contributed by atoms with Crippen molar-refractivity contribution in [3.63, 3.8) is 0 Å². The lowest BCUT2D eigenvalue weighted by Gasteiger charge is -2.15. The second kappa shape index (κ2) is 6.35. The number of aromatic nitrogens is 2. The molecule has 0 spiro atoms. The molecule has 0 saturated heterocycles. The van der Waals surface area contributed by atoms with Crippen LogP contribution in [-0.2, 0) is 13.5 Å². The van der Waals surface area contributed by atoms with E-state index in [0.717, 1.165) is 13.0 Å². The van der Waals surface area contributed by atoms with Gasteiger partial charge >= 0.3 is 0 Å². The molecule has 0 unspecified atom stereocenters. The molecule has 0 amide bonds. The fourth-order valence-electron chi connectivity index (χ4n) is 2.21. The Bertz CT molecular complexity index is 592. The zero-order chi connectivity index (χ0) is 13.8. The number of rotatable bonds is 6. The molecular formula is C15H17N3S2. The van der Waals surface area contributed by atoms with Crippen LogP contribution in [0.1, 0.15) is 21.4 Å². The standard InChI is InChI=1S/C15H17N3S2/c1-18-11-12(10-17-18)6-7-16-15(13-4-2-8-19-13)14-5-3-9-20-14/h2-5,8-11,15-16H,6-7H2,1H3. The summed E-state index contributed by atoms with van der Waals surface area (Å²) in [4.78, 5) is 2.75. The van der Waals surface area contributed by atoms with Crippen LogP contribution >= 0.6 is 22.7 Å². The van der Waals surface area contributed by atoms with Crippen LogP contribution in [0.3, 0.4) is 0 Å². The molecule has 0 aromatic carbocycles. The van der Waals surface area contributed by atoms with Crippen LogP contribution in [0.2, 0.25) is 0 Å². The molecule has 3 heterocycles. The maximum Gasteiger partial charge on any atom is 0.0764 e. The molecule has 5 heteroatoms. The summed E-state index contributed by atoms with van der Waals surface area (Å²) >= 11 is 3.61. The molecule has 0 aliphatic carbocycles. The van der Waals surface area contributed by atoms with E-state index in [1.165, 1.54) is 15.3 Å². The minimum Gasteiger partial charge on any atom is -0.305 e. The van der Waals surface area contributed by atoms with Gasteiger partial charge in [0.2, 0.25) is 0 Å². The highest BCUT2D eigenvalue weighted by atomic mass is 32.1. The van der Waals surface area contributed by atoms with Crippen LogP contribution in [0.25, 0.3) is 0 Å². The van der Waals surface area contributed by atoms with Gasteiger partial charge in [-0.15, -0.1) is 22.7 Å². The van der Waals surface area contributed by atoms with Gasteiger partial charge in [-0.3, -0.25) is 4.68 Å². The number of thiophene rings is 2. The molecule has 3 aromatic rings. The van der Waals surface area contributed by atoms with Crippen LogP contribution < -0.4 is 5.32 Å². The monoisotopic (exact) mass is 303 g/mol. The van der Waals surface area contributed by atoms with Crippen molar-refractivity contribution in [3.8, 4) is 0 Å². The van der Waals surface area contributed by atoms with E-state index in [4.69, 9.17) is 0 Å². The fourth-order valence-corrected chi connectivity index (χ4v) is 3.92. The highest BCUT2D eigenvalue weighted by Crippen LogP contribution is 2.28. The maximum absolute atomic E-state index is 4.21. The minimum absolute atomic E-state index is 0.312. The van der Waals surface area contributed by atoms with Crippen LogP contribution in [0.5, 0.6) is 0 Å². The Morgan fingerprint density at radius 1 is 1.20 bits per heavy atom. The van der Waals surface area contributed by atoms with Gasteiger partial charge in [-0.1, -0.05) is 12.1 Å². The summed E-state index contributed by atoms with van der Waals surface area (Å²) in [5.41, 5.74) is 1.27. The largest absolute Gasteiger partial charge is 0.305 e. The molecule has 1 N–H and O–H groups in total. The van der Waals surface area contributed by atoms with Crippen molar-refractivity contribution in [2.45, 2.75) is 12.5 Å². The molecule has 20 heavy (non-hydrogen) atoms. The third-order valence-corrected chi connectivity index (χ3v) is 5.05. The Hall–Kier alpha value is -1.43. The molecule has 3 nitrogen and oxygen atoms in total. The first-order chi connectivity index (χ1) is 9.83. The van der Waals surface area contributed by atoms with E-state index >= 15 is 0 Å². The minimum atomic E-state index is 0.312. The molecule has 0 radical (unpaired) electrons. The number of nitrogens with one attached hydrogen (secondary N) is 1. The van der Waals surface area contributed by atoms with Crippen molar-refractivity contribution in [3.05, 3.63) is 62.7 Å². The maximum atomic E-state index is 4.21. The summed E-state index contributed by atoms with van der Waals surface area (Å²) in [7, 11) is 1.96. The number of nitrogens with zero attached hydrogens (tertiary/aromatic N) is 2. The van der Waals surface area contributed by atoms with Gasteiger partial charge in [0.1, 0.15) is 0 Å². The van der Waals surface area contributed by atoms with E-state index in [2.05, 4.69) is 51.6 Å². The van der Waals surface area contributed by atoms with E-state index in [1.807, 2.05) is 40.6 Å². The van der Waals surface area contributed by atoms with Crippen LogP contribution in [0.15, 0.2) is 47.4 Å². The van der Waals surface area contributed by atoms with Gasteiger partial charge < -0.3 is 5.32 Å². The van der Waals surface area contributed by atoms with Crippen molar-refractivity contribution in [1.29, 1.82) is 0 Å². The van der Waals surface area contributed by atoms with Crippen molar-refractivity contribution < 1.29 is 0 Å². The lowest BCUT2D eigenvalue weighted by atomic mass is 10.2. The Balaban J connectivity index is 1.65. The first-order valence-electron chi connectivity index (χ1n) is 6.60. The van der Waals surface area contributed by atoms with E-state index in [0.29, 0.717) is 6.04 Å². The third-order valence-electron chi connectivity index (χ3n) is 3.18. The summed E-state index contributed by atoms with van der Waals surface area (Å²) in [6.45, 7) is 0.951. The Kier molecular flexibility index (Phi) is 4.30. The van der Waals surface area contributed by atoms with Crippen molar-refractivity contribution >= 4 is 22.7 Å². The quantitative estimate of drug-likeness (QED) is 0.756. The Labute approximate surface area is 126 Å². The van der Waals surface area contributed by atoms with Gasteiger partial charge in [0.05, 0.1) is 12.2 Å². The van der Waals surface area contributed by atoms with Crippen molar-refractivity contribution in [1.82, 2.24) is 15.1 Å². The lowest BCUT2D eigenvalue weighted by molar-refractivity contribution is 0.621. The van der Waals surface area contributed by atoms with Crippen LogP contribution in [0.4, 0.5) is 0 Å². The highest BCUT2D eigenvalue weighted by molar-refractivity contribution is 7.11. The summed E-state index contributed by atoms with van der Waals surface area (Å²) < 4.78 is 1.85. The first-order valence-corrected chi connectivity index (χ1v) is 8.36. The normalized spacial score (nSPS) is 11.3. The molecule has 0 fully saturated rings. The van der Waals surface area contributed by atoms with Crippen molar-refractivity contribution in [2.75, 3.05) is 6.54 Å². The van der Waals surface area contributed by atoms with E-state index in [9.17, 15) is 0 Å². The Morgan fingerprint density at radius 2 is 1.90 bits per heavy atom. The number of hydrogen-bond acceptors (Lipinski definition) is 4. The molecule has 3 rings (SSSR count). The molecule has 0 bridgehead atoms. The lowest BCUT2D eigenvalue weighted by Crippen LogP contribution is -2.23. The van der Waals surface area contributed by atoms with Gasteiger partial charge in [0, 0.05) is 29.5 Å². The molecule has 0 aliphatic heterocycles. The highest BCUT2D eigenvalue weighted by Gasteiger charge is 2.15.